The van der Waals surface area contributed by atoms with Crippen LogP contribution in [0.15, 0.2) is 18.2 Å². The molecule has 0 bridgehead atoms. The molecule has 4 nitrogen and oxygen atoms in total. The number of fused-ring (bicyclic) bond motifs is 1. The number of carbonyl (C=O) groups is 1. The van der Waals surface area contributed by atoms with Crippen molar-refractivity contribution in [3.8, 4) is 5.75 Å². The first-order chi connectivity index (χ1) is 10.2. The van der Waals surface area contributed by atoms with E-state index >= 15 is 0 Å². The molecule has 1 heterocycles. The zero-order chi connectivity index (χ0) is 15.2. The van der Waals surface area contributed by atoms with Crippen LogP contribution in [-0.2, 0) is 11.2 Å². The van der Waals surface area contributed by atoms with Crippen molar-refractivity contribution in [3.05, 3.63) is 23.8 Å². The van der Waals surface area contributed by atoms with E-state index < -0.39 is 0 Å². The summed E-state index contributed by atoms with van der Waals surface area (Å²) < 4.78 is 5.54. The maximum Gasteiger partial charge on any atom is 0.264 e. The van der Waals surface area contributed by atoms with E-state index in [2.05, 4.69) is 30.9 Å². The van der Waals surface area contributed by atoms with Gasteiger partial charge in [0.25, 0.3) is 5.91 Å². The van der Waals surface area contributed by atoms with Gasteiger partial charge in [-0.3, -0.25) is 4.79 Å². The standard InChI is InChI=1S/C17H26N2O2/c1-4-9-19(10-5-2)11-8-14-6-7-15-16(12-14)21-13-17(20)18(15)3/h6-7,12H,4-5,8-11,13H2,1-3H3. The fourth-order valence-electron chi connectivity index (χ4n) is 2.73. The number of hydrogen-bond donors (Lipinski definition) is 0. The van der Waals surface area contributed by atoms with Gasteiger partial charge in [-0.15, -0.1) is 0 Å². The Morgan fingerprint density at radius 1 is 1.19 bits per heavy atom. The van der Waals surface area contributed by atoms with Crippen molar-refractivity contribution in [1.29, 1.82) is 0 Å². The predicted molar refractivity (Wildman–Crippen MR) is 86.1 cm³/mol. The summed E-state index contributed by atoms with van der Waals surface area (Å²) in [4.78, 5) is 15.8. The molecule has 0 fully saturated rings. The second-order valence-corrected chi connectivity index (χ2v) is 5.64. The Labute approximate surface area is 127 Å². The Balaban J connectivity index is 2.00. The number of anilines is 1. The summed E-state index contributed by atoms with van der Waals surface area (Å²) in [7, 11) is 1.80. The topological polar surface area (TPSA) is 32.8 Å². The lowest BCUT2D eigenvalue weighted by Gasteiger charge is -2.26. The van der Waals surface area contributed by atoms with Gasteiger partial charge in [0.2, 0.25) is 0 Å². The van der Waals surface area contributed by atoms with Gasteiger partial charge >= 0.3 is 0 Å². The molecule has 0 spiro atoms. The smallest absolute Gasteiger partial charge is 0.264 e. The van der Waals surface area contributed by atoms with Crippen LogP contribution in [0.5, 0.6) is 5.75 Å². The summed E-state index contributed by atoms with van der Waals surface area (Å²) in [6.45, 7) is 7.99. The van der Waals surface area contributed by atoms with Gasteiger partial charge in [0.05, 0.1) is 5.69 Å². The van der Waals surface area contributed by atoms with Crippen molar-refractivity contribution in [2.75, 3.05) is 38.2 Å². The van der Waals surface area contributed by atoms with Crippen molar-refractivity contribution in [2.45, 2.75) is 33.1 Å². The highest BCUT2D eigenvalue weighted by Crippen LogP contribution is 2.32. The van der Waals surface area contributed by atoms with Crippen LogP contribution in [0.2, 0.25) is 0 Å². The zero-order valence-electron chi connectivity index (χ0n) is 13.4. The third kappa shape index (κ3) is 3.97. The van der Waals surface area contributed by atoms with E-state index in [4.69, 9.17) is 4.74 Å². The van der Waals surface area contributed by atoms with Crippen molar-refractivity contribution in [3.63, 3.8) is 0 Å². The van der Waals surface area contributed by atoms with Gasteiger partial charge in [-0.25, -0.2) is 0 Å². The van der Waals surface area contributed by atoms with Gasteiger partial charge in [-0.05, 0) is 50.0 Å². The van der Waals surface area contributed by atoms with Crippen LogP contribution in [0, 0.1) is 0 Å². The SMILES string of the molecule is CCCN(CCC)CCc1ccc2c(c1)OCC(=O)N2C. The molecule has 0 N–H and O–H groups in total. The number of hydrogen-bond acceptors (Lipinski definition) is 3. The highest BCUT2D eigenvalue weighted by molar-refractivity contribution is 5.97. The lowest BCUT2D eigenvalue weighted by molar-refractivity contribution is -0.120. The van der Waals surface area contributed by atoms with Gasteiger partial charge in [-0.2, -0.15) is 0 Å². The highest BCUT2D eigenvalue weighted by atomic mass is 16.5. The molecule has 0 atom stereocenters. The zero-order valence-corrected chi connectivity index (χ0v) is 13.4. The Bertz CT molecular complexity index is 482. The Hall–Kier alpha value is -1.55. The number of nitrogens with zero attached hydrogens (tertiary/aromatic N) is 2. The molecule has 1 aromatic carbocycles. The minimum absolute atomic E-state index is 0.00677. The molecule has 1 aromatic rings. The number of carbonyl (C=O) groups excluding carboxylic acids is 1. The maximum absolute atomic E-state index is 11.6. The van der Waals surface area contributed by atoms with Gasteiger partial charge in [-0.1, -0.05) is 19.9 Å². The van der Waals surface area contributed by atoms with Crippen LogP contribution in [0.3, 0.4) is 0 Å². The molecular weight excluding hydrogens is 264 g/mol. The van der Waals surface area contributed by atoms with E-state index in [0.717, 1.165) is 37.5 Å². The van der Waals surface area contributed by atoms with Gasteiger partial charge in [0.15, 0.2) is 6.61 Å². The van der Waals surface area contributed by atoms with Crippen LogP contribution in [-0.4, -0.2) is 44.1 Å². The molecule has 0 unspecified atom stereocenters. The fourth-order valence-corrected chi connectivity index (χ4v) is 2.73. The first-order valence-corrected chi connectivity index (χ1v) is 7.90. The second-order valence-electron chi connectivity index (χ2n) is 5.64. The lowest BCUT2D eigenvalue weighted by atomic mass is 10.1. The molecule has 0 aliphatic carbocycles. The summed E-state index contributed by atoms with van der Waals surface area (Å²) in [5.41, 5.74) is 2.14. The monoisotopic (exact) mass is 290 g/mol. The number of likely N-dealkylation sites (N-methyl/N-ethyl adjacent to an activating group) is 1. The third-order valence-electron chi connectivity index (χ3n) is 3.91. The summed E-state index contributed by atoms with van der Waals surface area (Å²) in [6.07, 6.45) is 3.41. The molecule has 0 saturated heterocycles. The molecule has 0 saturated carbocycles. The maximum atomic E-state index is 11.6. The van der Waals surface area contributed by atoms with Gasteiger partial charge < -0.3 is 14.5 Å². The largest absolute Gasteiger partial charge is 0.482 e. The molecule has 116 valence electrons. The van der Waals surface area contributed by atoms with Crippen LogP contribution < -0.4 is 9.64 Å². The van der Waals surface area contributed by atoms with E-state index in [1.807, 2.05) is 6.07 Å². The summed E-state index contributed by atoms with van der Waals surface area (Å²) in [5, 5.41) is 0. The Morgan fingerprint density at radius 2 is 1.90 bits per heavy atom. The lowest BCUT2D eigenvalue weighted by Crippen LogP contribution is -2.35. The quantitative estimate of drug-likeness (QED) is 0.774. The van der Waals surface area contributed by atoms with Gasteiger partial charge in [0.1, 0.15) is 5.75 Å². The van der Waals surface area contributed by atoms with E-state index in [-0.39, 0.29) is 12.5 Å². The fraction of sp³-hybridized carbons (Fsp3) is 0.588. The average molecular weight is 290 g/mol. The average Bonchev–Trinajstić information content (AvgIpc) is 2.49. The first kappa shape index (κ1) is 15.8. The second kappa shape index (κ2) is 7.46. The molecular formula is C17H26N2O2. The minimum atomic E-state index is 0.00677. The molecule has 2 rings (SSSR count). The van der Waals surface area contributed by atoms with Crippen LogP contribution in [0.1, 0.15) is 32.3 Å². The third-order valence-corrected chi connectivity index (χ3v) is 3.91. The molecule has 21 heavy (non-hydrogen) atoms. The number of ether oxygens (including phenoxy) is 1. The van der Waals surface area contributed by atoms with Crippen molar-refractivity contribution >= 4 is 11.6 Å². The van der Waals surface area contributed by atoms with E-state index in [1.165, 1.54) is 18.4 Å². The van der Waals surface area contributed by atoms with Crippen LogP contribution in [0.4, 0.5) is 5.69 Å². The molecule has 4 heteroatoms. The summed E-state index contributed by atoms with van der Waals surface area (Å²) in [5.74, 6) is 0.833. The molecule has 1 aliphatic rings. The first-order valence-electron chi connectivity index (χ1n) is 7.90. The predicted octanol–water partition coefficient (Wildman–Crippen LogP) is 2.71. The Morgan fingerprint density at radius 3 is 2.57 bits per heavy atom. The molecule has 1 aliphatic heterocycles. The van der Waals surface area contributed by atoms with Gasteiger partial charge in [0, 0.05) is 13.6 Å². The highest BCUT2D eigenvalue weighted by Gasteiger charge is 2.22. The number of rotatable bonds is 7. The van der Waals surface area contributed by atoms with E-state index in [0.29, 0.717) is 0 Å². The van der Waals surface area contributed by atoms with E-state index in [1.54, 1.807) is 11.9 Å². The Kier molecular flexibility index (Phi) is 5.62. The normalized spacial score (nSPS) is 14.3. The van der Waals surface area contributed by atoms with E-state index in [9.17, 15) is 4.79 Å². The minimum Gasteiger partial charge on any atom is -0.482 e. The summed E-state index contributed by atoms with van der Waals surface area (Å²) >= 11 is 0. The molecule has 0 aromatic heterocycles. The molecule has 0 radical (unpaired) electrons. The number of amides is 1. The van der Waals surface area contributed by atoms with Crippen LogP contribution in [0.25, 0.3) is 0 Å². The molecule has 1 amide bonds. The van der Waals surface area contributed by atoms with Crippen LogP contribution >= 0.6 is 0 Å². The summed E-state index contributed by atoms with van der Waals surface area (Å²) in [6, 6.07) is 6.17. The van der Waals surface area contributed by atoms with Crippen molar-refractivity contribution in [2.24, 2.45) is 0 Å². The van der Waals surface area contributed by atoms with Crippen molar-refractivity contribution < 1.29 is 9.53 Å². The van der Waals surface area contributed by atoms with Crippen molar-refractivity contribution in [1.82, 2.24) is 4.90 Å². The number of benzene rings is 1.